The van der Waals surface area contributed by atoms with Gasteiger partial charge in [0.05, 0.1) is 15.8 Å². The molecule has 0 aliphatic heterocycles. The Bertz CT molecular complexity index is 869. The first-order valence-electron chi connectivity index (χ1n) is 7.15. The van der Waals surface area contributed by atoms with Crippen molar-refractivity contribution in [1.29, 1.82) is 0 Å². The van der Waals surface area contributed by atoms with Crippen LogP contribution >= 0.6 is 35.0 Å². The molecular weight excluding hydrogens is 367 g/mol. The highest BCUT2D eigenvalue weighted by atomic mass is 35.5. The van der Waals surface area contributed by atoms with Gasteiger partial charge in [-0.2, -0.15) is 0 Å². The molecule has 1 amide bonds. The van der Waals surface area contributed by atoms with E-state index in [0.29, 0.717) is 27.4 Å². The van der Waals surface area contributed by atoms with Crippen LogP contribution in [0.15, 0.2) is 47.8 Å². The number of hydrogen-bond acceptors (Lipinski definition) is 4. The number of aromatic nitrogens is 3. The zero-order valence-electron chi connectivity index (χ0n) is 12.8. The predicted octanol–water partition coefficient (Wildman–Crippen LogP) is 3.79. The van der Waals surface area contributed by atoms with E-state index in [4.69, 9.17) is 23.2 Å². The molecule has 0 fully saturated rings. The quantitative estimate of drug-likeness (QED) is 0.631. The van der Waals surface area contributed by atoms with E-state index in [1.807, 2.05) is 30.3 Å². The van der Waals surface area contributed by atoms with Gasteiger partial charge in [-0.05, 0) is 11.6 Å². The topological polar surface area (TPSA) is 50.5 Å². The summed E-state index contributed by atoms with van der Waals surface area (Å²) >= 11 is 13.4. The lowest BCUT2D eigenvalue weighted by Gasteiger charge is -2.16. The fraction of sp³-hybridized carbons (Fsp3) is 0.188. The minimum atomic E-state index is 0.00808. The smallest absolute Gasteiger partial charge is 0.233 e. The summed E-state index contributed by atoms with van der Waals surface area (Å²) in [5, 5.41) is 9.59. The molecule has 5 nitrogen and oxygen atoms in total. The van der Waals surface area contributed by atoms with Crippen LogP contribution in [0.5, 0.6) is 0 Å². The molecule has 0 saturated heterocycles. The van der Waals surface area contributed by atoms with Gasteiger partial charge in [0.2, 0.25) is 5.91 Å². The molecule has 3 rings (SSSR count). The average molecular weight is 381 g/mol. The summed E-state index contributed by atoms with van der Waals surface area (Å²) in [5.74, 6) is 0.266. The number of thioether (sulfide) groups is 1. The van der Waals surface area contributed by atoms with E-state index in [1.54, 1.807) is 28.6 Å². The third-order valence-corrected chi connectivity index (χ3v) is 4.82. The normalized spacial score (nSPS) is 11.0. The molecule has 0 saturated carbocycles. The van der Waals surface area contributed by atoms with Crippen LogP contribution in [0.4, 0.5) is 0 Å². The Hall–Kier alpha value is -1.76. The Morgan fingerprint density at radius 3 is 2.75 bits per heavy atom. The second kappa shape index (κ2) is 7.42. The average Bonchev–Trinajstić information content (AvgIpc) is 2.96. The molecule has 0 aliphatic carbocycles. The summed E-state index contributed by atoms with van der Waals surface area (Å²) in [7, 11) is 1.78. The van der Waals surface area contributed by atoms with Crippen LogP contribution in [0.1, 0.15) is 5.56 Å². The van der Waals surface area contributed by atoms with Gasteiger partial charge in [-0.25, -0.2) is 0 Å². The fourth-order valence-corrected chi connectivity index (χ4v) is 3.54. The summed E-state index contributed by atoms with van der Waals surface area (Å²) < 4.78 is 1.69. The lowest BCUT2D eigenvalue weighted by molar-refractivity contribution is -0.127. The van der Waals surface area contributed by atoms with Gasteiger partial charge in [0.15, 0.2) is 10.8 Å². The lowest BCUT2D eigenvalue weighted by Crippen LogP contribution is -2.27. The first-order valence-corrected chi connectivity index (χ1v) is 8.89. The van der Waals surface area contributed by atoms with Crippen LogP contribution < -0.4 is 0 Å². The van der Waals surface area contributed by atoms with Crippen molar-refractivity contribution < 1.29 is 4.79 Å². The van der Waals surface area contributed by atoms with Crippen molar-refractivity contribution in [3.8, 4) is 0 Å². The molecule has 0 unspecified atom stereocenters. The number of rotatable bonds is 5. The van der Waals surface area contributed by atoms with Gasteiger partial charge in [0.1, 0.15) is 0 Å². The van der Waals surface area contributed by atoms with E-state index in [2.05, 4.69) is 10.2 Å². The molecule has 8 heteroatoms. The van der Waals surface area contributed by atoms with E-state index in [-0.39, 0.29) is 11.7 Å². The van der Waals surface area contributed by atoms with Gasteiger partial charge in [-0.1, -0.05) is 65.3 Å². The number of hydrogen-bond donors (Lipinski definition) is 0. The maximum Gasteiger partial charge on any atom is 0.233 e. The maximum absolute atomic E-state index is 12.3. The van der Waals surface area contributed by atoms with Gasteiger partial charge in [0, 0.05) is 19.8 Å². The van der Waals surface area contributed by atoms with Crippen LogP contribution in [-0.4, -0.2) is 38.2 Å². The number of fused-ring (bicyclic) bond motifs is 1. The van der Waals surface area contributed by atoms with Crippen molar-refractivity contribution in [2.45, 2.75) is 11.7 Å². The van der Waals surface area contributed by atoms with Crippen molar-refractivity contribution in [2.24, 2.45) is 0 Å². The highest BCUT2D eigenvalue weighted by Crippen LogP contribution is 2.25. The molecule has 0 bridgehead atoms. The lowest BCUT2D eigenvalue weighted by atomic mass is 10.2. The Morgan fingerprint density at radius 2 is 2.00 bits per heavy atom. The van der Waals surface area contributed by atoms with E-state index >= 15 is 0 Å². The summed E-state index contributed by atoms with van der Waals surface area (Å²) in [5.41, 5.74) is 1.61. The Morgan fingerprint density at radius 1 is 1.25 bits per heavy atom. The van der Waals surface area contributed by atoms with E-state index in [9.17, 15) is 4.79 Å². The van der Waals surface area contributed by atoms with Crippen molar-refractivity contribution in [3.63, 3.8) is 0 Å². The summed E-state index contributed by atoms with van der Waals surface area (Å²) in [6, 6.07) is 11.5. The van der Waals surface area contributed by atoms with Crippen molar-refractivity contribution in [3.05, 3.63) is 58.2 Å². The molecule has 0 radical (unpaired) electrons. The van der Waals surface area contributed by atoms with Crippen LogP contribution in [0, 0.1) is 0 Å². The van der Waals surface area contributed by atoms with Gasteiger partial charge in [-0.15, -0.1) is 10.2 Å². The second-order valence-corrected chi connectivity index (χ2v) is 6.99. The highest BCUT2D eigenvalue weighted by molar-refractivity contribution is 7.99. The Kier molecular flexibility index (Phi) is 5.28. The molecule has 2 aromatic heterocycles. The first-order chi connectivity index (χ1) is 11.5. The SMILES string of the molecule is CN(Cc1ccccc1)C(=O)CSc1nnc2c(Cl)cc(Cl)cn12. The molecule has 124 valence electrons. The summed E-state index contributed by atoms with van der Waals surface area (Å²) in [6.45, 7) is 0.568. The molecule has 3 aromatic rings. The number of halogens is 2. The number of nitrogens with zero attached hydrogens (tertiary/aromatic N) is 4. The van der Waals surface area contributed by atoms with Crippen LogP contribution in [-0.2, 0) is 11.3 Å². The summed E-state index contributed by atoms with van der Waals surface area (Å²) in [6.07, 6.45) is 1.68. The van der Waals surface area contributed by atoms with Crippen molar-refractivity contribution >= 4 is 46.5 Å². The minimum Gasteiger partial charge on any atom is -0.341 e. The van der Waals surface area contributed by atoms with Crippen LogP contribution in [0.25, 0.3) is 5.65 Å². The Balaban J connectivity index is 1.66. The number of carbonyl (C=O) groups is 1. The zero-order chi connectivity index (χ0) is 17.1. The minimum absolute atomic E-state index is 0.00808. The van der Waals surface area contributed by atoms with Crippen molar-refractivity contribution in [2.75, 3.05) is 12.8 Å². The maximum atomic E-state index is 12.3. The number of pyridine rings is 1. The van der Waals surface area contributed by atoms with E-state index in [0.717, 1.165) is 5.56 Å². The fourth-order valence-electron chi connectivity index (χ4n) is 2.18. The highest BCUT2D eigenvalue weighted by Gasteiger charge is 2.14. The van der Waals surface area contributed by atoms with E-state index in [1.165, 1.54) is 11.8 Å². The van der Waals surface area contributed by atoms with Crippen LogP contribution in [0.2, 0.25) is 10.0 Å². The molecule has 2 heterocycles. The molecule has 0 N–H and O–H groups in total. The molecule has 0 spiro atoms. The zero-order valence-corrected chi connectivity index (χ0v) is 15.1. The Labute approximate surface area is 153 Å². The summed E-state index contributed by atoms with van der Waals surface area (Å²) in [4.78, 5) is 14.0. The molecular formula is C16H14Cl2N4OS. The molecule has 24 heavy (non-hydrogen) atoms. The van der Waals surface area contributed by atoms with Gasteiger partial charge < -0.3 is 4.90 Å². The van der Waals surface area contributed by atoms with Gasteiger partial charge in [-0.3, -0.25) is 9.20 Å². The van der Waals surface area contributed by atoms with Gasteiger partial charge >= 0.3 is 0 Å². The third kappa shape index (κ3) is 3.83. The predicted molar refractivity (Wildman–Crippen MR) is 96.6 cm³/mol. The van der Waals surface area contributed by atoms with Crippen LogP contribution in [0.3, 0.4) is 0 Å². The number of amides is 1. The van der Waals surface area contributed by atoms with Gasteiger partial charge in [0.25, 0.3) is 0 Å². The second-order valence-electron chi connectivity index (χ2n) is 5.21. The molecule has 1 aromatic carbocycles. The molecule has 0 aliphatic rings. The monoisotopic (exact) mass is 380 g/mol. The number of benzene rings is 1. The molecule has 0 atom stereocenters. The van der Waals surface area contributed by atoms with E-state index < -0.39 is 0 Å². The third-order valence-electron chi connectivity index (χ3n) is 3.41. The largest absolute Gasteiger partial charge is 0.341 e. The standard InChI is InChI=1S/C16H14Cl2N4OS/c1-21(8-11-5-3-2-4-6-11)14(23)10-24-16-20-19-15-13(18)7-12(17)9-22(15)16/h2-7,9H,8,10H2,1H3. The number of carbonyl (C=O) groups excluding carboxylic acids is 1. The first kappa shape index (κ1) is 17.1. The van der Waals surface area contributed by atoms with Crippen molar-refractivity contribution in [1.82, 2.24) is 19.5 Å².